The third kappa shape index (κ3) is 4.93. The van der Waals surface area contributed by atoms with Gasteiger partial charge >= 0.3 is 0 Å². The van der Waals surface area contributed by atoms with E-state index < -0.39 is 11.9 Å². The number of aromatic amines is 2. The molecule has 200 valence electrons. The van der Waals surface area contributed by atoms with Gasteiger partial charge in [0.15, 0.2) is 0 Å². The summed E-state index contributed by atoms with van der Waals surface area (Å²) in [5, 5.41) is 6.17. The first-order valence-corrected chi connectivity index (χ1v) is 13.2. The molecule has 6 aromatic rings. The molecule has 8 heteroatoms. The van der Waals surface area contributed by atoms with Crippen LogP contribution < -0.4 is 22.5 Å². The van der Waals surface area contributed by atoms with Gasteiger partial charge in [0.25, 0.3) is 0 Å². The van der Waals surface area contributed by atoms with Gasteiger partial charge < -0.3 is 32.5 Å². The van der Waals surface area contributed by atoms with Gasteiger partial charge in [-0.2, -0.15) is 0 Å². The first-order chi connectivity index (χ1) is 19.4. The summed E-state index contributed by atoms with van der Waals surface area (Å²) in [7, 11) is 0. The number of fused-ring (bicyclic) bond motifs is 4. The molecule has 0 saturated carbocycles. The zero-order valence-corrected chi connectivity index (χ0v) is 21.8. The number of hydrogen-bond donors (Lipinski definition) is 6. The van der Waals surface area contributed by atoms with Gasteiger partial charge in [-0.25, -0.2) is 0 Å². The lowest BCUT2D eigenvalue weighted by molar-refractivity contribution is -0.118. The summed E-state index contributed by atoms with van der Waals surface area (Å²) in [4.78, 5) is 30.0. The van der Waals surface area contributed by atoms with Crippen molar-refractivity contribution in [3.05, 3.63) is 90.6 Å². The van der Waals surface area contributed by atoms with Crippen molar-refractivity contribution in [2.45, 2.75) is 18.9 Å². The summed E-state index contributed by atoms with van der Waals surface area (Å²) in [5.41, 5.74) is 25.9. The van der Waals surface area contributed by atoms with E-state index in [0.717, 1.165) is 66.3 Å². The molecule has 0 bridgehead atoms. The second-order valence-corrected chi connectivity index (χ2v) is 10.1. The quantitative estimate of drug-likeness (QED) is 0.158. The molecule has 2 aromatic heterocycles. The molecule has 4 aromatic carbocycles. The number of aromatic nitrogens is 2. The number of rotatable bonds is 8. The van der Waals surface area contributed by atoms with Crippen molar-refractivity contribution in [2.75, 3.05) is 11.9 Å². The van der Waals surface area contributed by atoms with Crippen LogP contribution in [0, 0.1) is 0 Å². The molecule has 0 aliphatic heterocycles. The van der Waals surface area contributed by atoms with Gasteiger partial charge in [-0.1, -0.05) is 30.3 Å². The number of primary amides is 1. The Labute approximate surface area is 230 Å². The van der Waals surface area contributed by atoms with Crippen LogP contribution in [0.25, 0.3) is 55.0 Å². The Morgan fingerprint density at radius 1 is 0.725 bits per heavy atom. The summed E-state index contributed by atoms with van der Waals surface area (Å²) in [6, 6.07) is 28.4. The van der Waals surface area contributed by atoms with E-state index in [2.05, 4.69) is 63.8 Å². The third-order valence-corrected chi connectivity index (χ3v) is 7.27. The van der Waals surface area contributed by atoms with E-state index in [-0.39, 0.29) is 12.3 Å². The molecule has 2 heterocycles. The van der Waals surface area contributed by atoms with Crippen LogP contribution in [0.2, 0.25) is 0 Å². The Morgan fingerprint density at radius 3 is 1.93 bits per heavy atom. The highest BCUT2D eigenvalue weighted by Crippen LogP contribution is 2.34. The zero-order chi connectivity index (χ0) is 27.8. The first kappa shape index (κ1) is 25.4. The van der Waals surface area contributed by atoms with Crippen LogP contribution in [0.4, 0.5) is 5.69 Å². The predicted octanol–water partition coefficient (Wildman–Crippen LogP) is 5.30. The Kier molecular flexibility index (Phi) is 6.55. The molecule has 0 aliphatic rings. The fraction of sp³-hybridized carbons (Fsp3) is 0.125. The van der Waals surface area contributed by atoms with Crippen LogP contribution in [-0.4, -0.2) is 28.3 Å². The zero-order valence-electron chi connectivity index (χ0n) is 21.8. The van der Waals surface area contributed by atoms with Crippen LogP contribution in [-0.2, 0) is 9.59 Å². The molecule has 6 rings (SSSR count). The number of amides is 2. The van der Waals surface area contributed by atoms with Crippen LogP contribution in [0.15, 0.2) is 84.9 Å². The SMILES string of the molecule is NCCC(=O)Nc1ccc(-c2ccc3[nH]c4ccc(-c5ccc6[nH]c(C(N)CC(N)=O)cc6c5)cc4c3c2)cc1. The van der Waals surface area contributed by atoms with E-state index >= 15 is 0 Å². The Morgan fingerprint density at radius 2 is 1.30 bits per heavy atom. The average molecular weight is 531 g/mol. The van der Waals surface area contributed by atoms with Gasteiger partial charge in [0.05, 0.1) is 6.04 Å². The summed E-state index contributed by atoms with van der Waals surface area (Å²) >= 11 is 0. The fourth-order valence-corrected chi connectivity index (χ4v) is 5.22. The van der Waals surface area contributed by atoms with Crippen molar-refractivity contribution in [1.29, 1.82) is 0 Å². The van der Waals surface area contributed by atoms with Crippen molar-refractivity contribution in [2.24, 2.45) is 17.2 Å². The molecule has 0 saturated heterocycles. The predicted molar refractivity (Wildman–Crippen MR) is 162 cm³/mol. The molecular formula is C32H30N6O2. The lowest BCUT2D eigenvalue weighted by atomic mass is 9.99. The smallest absolute Gasteiger partial charge is 0.225 e. The number of hydrogen-bond acceptors (Lipinski definition) is 4. The highest BCUT2D eigenvalue weighted by molar-refractivity contribution is 6.10. The van der Waals surface area contributed by atoms with Gasteiger partial charge in [-0.15, -0.1) is 0 Å². The summed E-state index contributed by atoms with van der Waals surface area (Å²) < 4.78 is 0. The Bertz CT molecular complexity index is 1880. The maximum atomic E-state index is 11.8. The van der Waals surface area contributed by atoms with Crippen LogP contribution in [0.1, 0.15) is 24.6 Å². The van der Waals surface area contributed by atoms with Crippen LogP contribution >= 0.6 is 0 Å². The van der Waals surface area contributed by atoms with Gasteiger partial charge in [0.1, 0.15) is 0 Å². The van der Waals surface area contributed by atoms with Crippen LogP contribution in [0.5, 0.6) is 0 Å². The fourth-order valence-electron chi connectivity index (χ4n) is 5.22. The number of nitrogens with two attached hydrogens (primary N) is 3. The molecule has 9 N–H and O–H groups in total. The maximum absolute atomic E-state index is 11.8. The Balaban J connectivity index is 1.33. The molecule has 0 aliphatic carbocycles. The van der Waals surface area contributed by atoms with E-state index in [1.165, 1.54) is 0 Å². The van der Waals surface area contributed by atoms with Gasteiger partial charge in [0.2, 0.25) is 11.8 Å². The number of benzene rings is 4. The first-order valence-electron chi connectivity index (χ1n) is 13.2. The third-order valence-electron chi connectivity index (χ3n) is 7.27. The molecule has 1 atom stereocenters. The van der Waals surface area contributed by atoms with Gasteiger partial charge in [-0.05, 0) is 76.9 Å². The number of carbonyl (C=O) groups excluding carboxylic acids is 2. The highest BCUT2D eigenvalue weighted by Gasteiger charge is 2.14. The molecule has 8 nitrogen and oxygen atoms in total. The molecule has 1 unspecified atom stereocenters. The normalized spacial score (nSPS) is 12.2. The largest absolute Gasteiger partial charge is 0.370 e. The van der Waals surface area contributed by atoms with E-state index in [9.17, 15) is 9.59 Å². The minimum atomic E-state index is -0.462. The van der Waals surface area contributed by atoms with Crippen LogP contribution in [0.3, 0.4) is 0 Å². The molecular weight excluding hydrogens is 500 g/mol. The maximum Gasteiger partial charge on any atom is 0.225 e. The van der Waals surface area contributed by atoms with E-state index in [4.69, 9.17) is 17.2 Å². The number of anilines is 1. The van der Waals surface area contributed by atoms with Crippen molar-refractivity contribution in [3.8, 4) is 22.3 Å². The average Bonchev–Trinajstić information content (AvgIpc) is 3.53. The molecule has 40 heavy (non-hydrogen) atoms. The number of nitrogens with one attached hydrogen (secondary N) is 3. The van der Waals surface area contributed by atoms with E-state index in [1.54, 1.807) is 0 Å². The standard InChI is InChI=1S/C32H30N6O2/c33-12-11-32(40)36-23-6-1-18(2-7-23)20-4-9-28-24(14-20)25-15-21(5-10-29(25)38-28)19-3-8-27-22(13-19)16-30(37-27)26(34)17-31(35)39/h1-10,13-16,26,37-38H,11-12,17,33-34H2,(H2,35,39)(H,36,40). The van der Waals surface area contributed by atoms with E-state index in [1.807, 2.05) is 36.4 Å². The van der Waals surface area contributed by atoms with Crippen molar-refractivity contribution < 1.29 is 9.59 Å². The van der Waals surface area contributed by atoms with Gasteiger partial charge in [-0.3, -0.25) is 9.59 Å². The topological polar surface area (TPSA) is 156 Å². The second kappa shape index (κ2) is 10.3. The minimum absolute atomic E-state index is 0.0889. The summed E-state index contributed by atoms with van der Waals surface area (Å²) in [6.45, 7) is 0.324. The lowest BCUT2D eigenvalue weighted by Gasteiger charge is -2.07. The van der Waals surface area contributed by atoms with Crippen molar-refractivity contribution in [3.63, 3.8) is 0 Å². The van der Waals surface area contributed by atoms with Gasteiger partial charge in [0, 0.05) is 63.5 Å². The molecule has 0 radical (unpaired) electrons. The Hall–Kier alpha value is -4.92. The number of carbonyl (C=O) groups is 2. The molecule has 0 fully saturated rings. The van der Waals surface area contributed by atoms with E-state index in [0.29, 0.717) is 13.0 Å². The monoisotopic (exact) mass is 530 g/mol. The summed E-state index contributed by atoms with van der Waals surface area (Å²) in [6.07, 6.45) is 0.389. The van der Waals surface area contributed by atoms with Crippen molar-refractivity contribution in [1.82, 2.24) is 9.97 Å². The second-order valence-electron chi connectivity index (χ2n) is 10.1. The van der Waals surface area contributed by atoms with Crippen molar-refractivity contribution >= 4 is 50.2 Å². The molecule has 0 spiro atoms. The highest BCUT2D eigenvalue weighted by atomic mass is 16.1. The number of H-pyrrole nitrogens is 2. The summed E-state index contributed by atoms with van der Waals surface area (Å²) in [5.74, 6) is -0.514. The molecule has 2 amide bonds. The minimum Gasteiger partial charge on any atom is -0.370 e. The lowest BCUT2D eigenvalue weighted by Crippen LogP contribution is -2.20.